The highest BCUT2D eigenvalue weighted by molar-refractivity contribution is 5.98. The first-order valence-electron chi connectivity index (χ1n) is 22.0. The molecule has 0 aliphatic heterocycles. The molecule has 8 aromatic carbocycles. The van der Waals surface area contributed by atoms with E-state index in [1.54, 1.807) is 6.07 Å². The van der Waals surface area contributed by atoms with Crippen molar-refractivity contribution in [2.75, 3.05) is 0 Å². The second-order valence-corrected chi connectivity index (χ2v) is 17.8. The summed E-state index contributed by atoms with van der Waals surface area (Å²) >= 11 is 0. The van der Waals surface area contributed by atoms with Gasteiger partial charge >= 0.3 is 0 Å². The molecule has 0 saturated heterocycles. The Bertz CT molecular complexity index is 3320. The van der Waals surface area contributed by atoms with Gasteiger partial charge < -0.3 is 5.11 Å². The molecule has 0 fully saturated rings. The van der Waals surface area contributed by atoms with Gasteiger partial charge in [0.2, 0.25) is 0 Å². The SMILES string of the molecule is Cc1ccc(-c2ccnc(-c3cc(-c4ccccc4)cc(-c4cccc5c4nc(-c4ccccc4O)n5-c4ccc(-c5c(-c6ccccc6)cccc5C(C)(C)C)cc4C)c3)c2)cc1. The van der Waals surface area contributed by atoms with Gasteiger partial charge in [-0.25, -0.2) is 4.98 Å². The van der Waals surface area contributed by atoms with Crippen molar-refractivity contribution in [2.24, 2.45) is 0 Å². The van der Waals surface area contributed by atoms with E-state index in [0.717, 1.165) is 72.5 Å². The summed E-state index contributed by atoms with van der Waals surface area (Å²) in [5.41, 5.74) is 20.2. The van der Waals surface area contributed by atoms with E-state index in [4.69, 9.17) is 9.97 Å². The third-order valence-electron chi connectivity index (χ3n) is 12.3. The number of fused-ring (bicyclic) bond motifs is 1. The zero-order chi connectivity index (χ0) is 44.0. The number of para-hydroxylation sites is 2. The van der Waals surface area contributed by atoms with Crippen LogP contribution in [0.2, 0.25) is 0 Å². The first kappa shape index (κ1) is 40.3. The first-order chi connectivity index (χ1) is 31.1. The van der Waals surface area contributed by atoms with Gasteiger partial charge in [-0.3, -0.25) is 9.55 Å². The summed E-state index contributed by atoms with van der Waals surface area (Å²) in [6.45, 7) is 11.1. The van der Waals surface area contributed by atoms with Crippen molar-refractivity contribution in [3.05, 3.63) is 217 Å². The molecule has 10 aromatic rings. The normalized spacial score (nSPS) is 11.6. The highest BCUT2D eigenvalue weighted by Crippen LogP contribution is 2.44. The number of phenolic OH excluding ortho intramolecular Hbond substituents is 1. The largest absolute Gasteiger partial charge is 0.507 e. The van der Waals surface area contributed by atoms with Crippen LogP contribution in [0, 0.1) is 13.8 Å². The van der Waals surface area contributed by atoms with Crippen LogP contribution in [0.3, 0.4) is 0 Å². The molecule has 310 valence electrons. The van der Waals surface area contributed by atoms with Crippen molar-refractivity contribution < 1.29 is 5.11 Å². The molecule has 0 radical (unpaired) electrons. The summed E-state index contributed by atoms with van der Waals surface area (Å²) in [7, 11) is 0. The average molecular weight is 828 g/mol. The number of hydrogen-bond acceptors (Lipinski definition) is 3. The lowest BCUT2D eigenvalue weighted by Gasteiger charge is -2.26. The predicted molar refractivity (Wildman–Crippen MR) is 267 cm³/mol. The van der Waals surface area contributed by atoms with Crippen LogP contribution < -0.4 is 0 Å². The fourth-order valence-electron chi connectivity index (χ4n) is 9.07. The highest BCUT2D eigenvalue weighted by atomic mass is 16.3. The monoisotopic (exact) mass is 827 g/mol. The standard InChI is InChI=1S/C60H49N3O/c1-39-26-28-42(29-27-39)44-32-33-61-53(38-44)48-36-46(41-16-8-6-9-17-41)35-47(37-48)50-22-15-24-55-58(50)62-59(51-20-12-13-25-56(51)64)63(55)54-31-30-45(34-40(54)2)57-49(43-18-10-7-11-19-43)21-14-23-52(57)60(3,4)5/h6-38,64H,1-5H3. The number of imidazole rings is 1. The van der Waals surface area contributed by atoms with Gasteiger partial charge in [-0.2, -0.15) is 0 Å². The highest BCUT2D eigenvalue weighted by Gasteiger charge is 2.25. The second-order valence-electron chi connectivity index (χ2n) is 17.8. The molecule has 0 unspecified atom stereocenters. The van der Waals surface area contributed by atoms with E-state index in [0.29, 0.717) is 11.4 Å². The van der Waals surface area contributed by atoms with Crippen molar-refractivity contribution in [2.45, 2.75) is 40.0 Å². The van der Waals surface area contributed by atoms with E-state index < -0.39 is 0 Å². The van der Waals surface area contributed by atoms with Crippen LogP contribution in [0.15, 0.2) is 200 Å². The van der Waals surface area contributed by atoms with Crippen LogP contribution >= 0.6 is 0 Å². The van der Waals surface area contributed by atoms with E-state index in [1.165, 1.54) is 27.8 Å². The Morgan fingerprint density at radius 1 is 0.469 bits per heavy atom. The summed E-state index contributed by atoms with van der Waals surface area (Å²) in [5.74, 6) is 0.845. The second kappa shape index (κ2) is 16.5. The molecular formula is C60H49N3O. The lowest BCUT2D eigenvalue weighted by atomic mass is 9.78. The minimum Gasteiger partial charge on any atom is -0.507 e. The van der Waals surface area contributed by atoms with Crippen molar-refractivity contribution in [1.82, 2.24) is 14.5 Å². The molecular weight excluding hydrogens is 779 g/mol. The number of aromatic nitrogens is 3. The van der Waals surface area contributed by atoms with E-state index in [1.807, 2.05) is 24.4 Å². The Hall–Kier alpha value is -7.82. The number of pyridine rings is 1. The van der Waals surface area contributed by atoms with Crippen LogP contribution in [0.25, 0.3) is 95.0 Å². The summed E-state index contributed by atoms with van der Waals surface area (Å²) in [4.78, 5) is 10.4. The summed E-state index contributed by atoms with van der Waals surface area (Å²) in [5, 5.41) is 11.4. The van der Waals surface area contributed by atoms with Gasteiger partial charge in [0, 0.05) is 17.3 Å². The fourth-order valence-corrected chi connectivity index (χ4v) is 9.07. The average Bonchev–Trinajstić information content (AvgIpc) is 3.71. The van der Waals surface area contributed by atoms with Crippen LogP contribution in [0.4, 0.5) is 0 Å². The van der Waals surface area contributed by atoms with Gasteiger partial charge in [0.1, 0.15) is 11.6 Å². The first-order valence-corrected chi connectivity index (χ1v) is 22.0. The molecule has 0 amide bonds. The van der Waals surface area contributed by atoms with Gasteiger partial charge in [0.25, 0.3) is 0 Å². The zero-order valence-corrected chi connectivity index (χ0v) is 36.8. The molecule has 0 spiro atoms. The smallest absolute Gasteiger partial charge is 0.149 e. The number of aromatic hydroxyl groups is 1. The van der Waals surface area contributed by atoms with Crippen molar-refractivity contribution in [3.8, 4) is 89.7 Å². The number of hydrogen-bond donors (Lipinski definition) is 1. The van der Waals surface area contributed by atoms with Crippen molar-refractivity contribution >= 4 is 11.0 Å². The Labute approximate surface area is 375 Å². The number of aryl methyl sites for hydroxylation is 2. The number of rotatable bonds is 8. The zero-order valence-electron chi connectivity index (χ0n) is 36.8. The lowest BCUT2D eigenvalue weighted by Crippen LogP contribution is -2.13. The Morgan fingerprint density at radius 3 is 1.83 bits per heavy atom. The van der Waals surface area contributed by atoms with Gasteiger partial charge in [0.15, 0.2) is 0 Å². The van der Waals surface area contributed by atoms with E-state index in [9.17, 15) is 5.11 Å². The molecule has 2 aromatic heterocycles. The molecule has 0 saturated carbocycles. The summed E-state index contributed by atoms with van der Waals surface area (Å²) in [6, 6.07) is 68.2. The number of nitrogens with zero attached hydrogens (tertiary/aromatic N) is 3. The molecule has 0 aliphatic carbocycles. The van der Waals surface area contributed by atoms with E-state index in [-0.39, 0.29) is 11.2 Å². The van der Waals surface area contributed by atoms with Gasteiger partial charge in [0.05, 0.1) is 28.0 Å². The molecule has 0 aliphatic rings. The quantitative estimate of drug-likeness (QED) is 0.166. The van der Waals surface area contributed by atoms with E-state index in [2.05, 4.69) is 209 Å². The molecule has 64 heavy (non-hydrogen) atoms. The van der Waals surface area contributed by atoms with Crippen LogP contribution in [0.5, 0.6) is 5.75 Å². The third kappa shape index (κ3) is 7.58. The van der Waals surface area contributed by atoms with Crippen molar-refractivity contribution in [3.63, 3.8) is 0 Å². The van der Waals surface area contributed by atoms with Crippen LogP contribution in [-0.2, 0) is 5.41 Å². The summed E-state index contributed by atoms with van der Waals surface area (Å²) in [6.07, 6.45) is 1.90. The van der Waals surface area contributed by atoms with Crippen LogP contribution in [0.1, 0.15) is 37.5 Å². The lowest BCUT2D eigenvalue weighted by molar-refractivity contribution is 0.477. The minimum absolute atomic E-state index is 0.0840. The molecule has 1 N–H and O–H groups in total. The number of benzene rings is 8. The van der Waals surface area contributed by atoms with Crippen LogP contribution in [-0.4, -0.2) is 19.6 Å². The fraction of sp³-hybridized carbons (Fsp3) is 0.100. The summed E-state index contributed by atoms with van der Waals surface area (Å²) < 4.78 is 2.22. The molecule has 4 nitrogen and oxygen atoms in total. The number of phenols is 1. The third-order valence-corrected chi connectivity index (χ3v) is 12.3. The Morgan fingerprint density at radius 2 is 1.09 bits per heavy atom. The molecule has 0 atom stereocenters. The minimum atomic E-state index is -0.0840. The Balaban J connectivity index is 1.17. The molecule has 10 rings (SSSR count). The molecule has 2 heterocycles. The van der Waals surface area contributed by atoms with Gasteiger partial charge in [-0.15, -0.1) is 0 Å². The maximum Gasteiger partial charge on any atom is 0.149 e. The maximum absolute atomic E-state index is 11.4. The van der Waals surface area contributed by atoms with Crippen molar-refractivity contribution in [1.29, 1.82) is 0 Å². The molecule has 4 heteroatoms. The van der Waals surface area contributed by atoms with E-state index >= 15 is 0 Å². The Kier molecular flexibility index (Phi) is 10.4. The molecule has 0 bridgehead atoms. The predicted octanol–water partition coefficient (Wildman–Crippen LogP) is 15.7. The topological polar surface area (TPSA) is 50.9 Å². The van der Waals surface area contributed by atoms with Gasteiger partial charge in [-0.05, 0) is 141 Å². The maximum atomic E-state index is 11.4. The van der Waals surface area contributed by atoms with Gasteiger partial charge in [-0.1, -0.05) is 160 Å².